The van der Waals surface area contributed by atoms with Crippen molar-refractivity contribution in [1.82, 2.24) is 29.6 Å². The van der Waals surface area contributed by atoms with Gasteiger partial charge in [-0.15, -0.1) is 10.2 Å². The van der Waals surface area contributed by atoms with Gasteiger partial charge in [-0.2, -0.15) is 9.61 Å². The molecule has 4 aromatic rings. The van der Waals surface area contributed by atoms with Gasteiger partial charge in [0.15, 0.2) is 5.65 Å². The molecule has 0 unspecified atom stereocenters. The minimum absolute atomic E-state index is 0.0456. The van der Waals surface area contributed by atoms with Crippen LogP contribution in [0, 0.1) is 18.8 Å². The fraction of sp³-hybridized carbons (Fsp3) is 0.355. The van der Waals surface area contributed by atoms with E-state index < -0.39 is 0 Å². The van der Waals surface area contributed by atoms with Gasteiger partial charge in [-0.25, -0.2) is 0 Å². The van der Waals surface area contributed by atoms with Crippen molar-refractivity contribution in [3.63, 3.8) is 0 Å². The number of anilines is 1. The van der Waals surface area contributed by atoms with Gasteiger partial charge in [0.1, 0.15) is 0 Å². The van der Waals surface area contributed by atoms with Crippen LogP contribution in [0.5, 0.6) is 0 Å². The third-order valence-electron chi connectivity index (χ3n) is 7.15. The zero-order chi connectivity index (χ0) is 27.6. The minimum Gasteiger partial charge on any atom is -0.322 e. The maximum absolute atomic E-state index is 13.3. The lowest BCUT2D eigenvalue weighted by Gasteiger charge is -2.34. The third-order valence-corrected chi connectivity index (χ3v) is 7.15. The van der Waals surface area contributed by atoms with Crippen molar-refractivity contribution in [3.8, 4) is 11.8 Å². The van der Waals surface area contributed by atoms with Crippen LogP contribution in [-0.4, -0.2) is 68.7 Å². The summed E-state index contributed by atoms with van der Waals surface area (Å²) in [4.78, 5) is 18.2. The number of fused-ring (bicyclic) bond motifs is 1. The number of nitrogens with zero attached hydrogens (tertiary/aromatic N) is 6. The second-order valence-electron chi connectivity index (χ2n) is 11.3. The molecule has 0 radical (unpaired) electrons. The van der Waals surface area contributed by atoms with Crippen LogP contribution in [-0.2, 0) is 12.0 Å². The summed E-state index contributed by atoms with van der Waals surface area (Å²) < 4.78 is 1.60. The van der Waals surface area contributed by atoms with E-state index in [1.165, 1.54) is 11.1 Å². The van der Waals surface area contributed by atoms with Gasteiger partial charge in [-0.3, -0.25) is 9.69 Å². The number of amides is 1. The van der Waals surface area contributed by atoms with E-state index in [1.807, 2.05) is 37.3 Å². The molecule has 8 nitrogen and oxygen atoms in total. The molecule has 1 aliphatic rings. The quantitative estimate of drug-likeness (QED) is 0.407. The van der Waals surface area contributed by atoms with Crippen molar-refractivity contribution in [2.24, 2.45) is 0 Å². The van der Waals surface area contributed by atoms with Crippen LogP contribution in [0.15, 0.2) is 54.7 Å². The van der Waals surface area contributed by atoms with Gasteiger partial charge < -0.3 is 10.2 Å². The largest absolute Gasteiger partial charge is 0.322 e. The highest BCUT2D eigenvalue weighted by Gasteiger charge is 2.22. The predicted molar refractivity (Wildman–Crippen MR) is 154 cm³/mol. The highest BCUT2D eigenvalue weighted by molar-refractivity contribution is 6.04. The lowest BCUT2D eigenvalue weighted by molar-refractivity contribution is 0.102. The molecule has 0 bridgehead atoms. The molecule has 1 saturated heterocycles. The van der Waals surface area contributed by atoms with E-state index in [4.69, 9.17) is 0 Å². The summed E-state index contributed by atoms with van der Waals surface area (Å²) >= 11 is 0. The number of rotatable bonds is 4. The molecule has 0 aliphatic carbocycles. The molecular weight excluding hydrogens is 486 g/mol. The van der Waals surface area contributed by atoms with Gasteiger partial charge in [-0.1, -0.05) is 38.8 Å². The van der Waals surface area contributed by atoms with E-state index in [2.05, 4.69) is 82.2 Å². The number of piperazine rings is 1. The molecule has 200 valence electrons. The molecule has 39 heavy (non-hydrogen) atoms. The van der Waals surface area contributed by atoms with Gasteiger partial charge in [-0.05, 0) is 78.4 Å². The molecule has 2 aromatic carbocycles. The summed E-state index contributed by atoms with van der Waals surface area (Å²) in [6.07, 6.45) is 1.67. The SMILES string of the molecule is Cc1ccc(C(=O)Nc2ccc(CN3CCN(C)CC3)c(C(C)(C)C)c2)cc1C#Cc1nnc2cccnn12. The molecular formula is C31H35N7O. The number of carbonyl (C=O) groups is 1. The normalized spacial score (nSPS) is 14.7. The Hall–Kier alpha value is -4.06. The molecule has 1 amide bonds. The van der Waals surface area contributed by atoms with Gasteiger partial charge in [0.25, 0.3) is 5.91 Å². The average molecular weight is 522 g/mol. The average Bonchev–Trinajstić information content (AvgIpc) is 3.33. The van der Waals surface area contributed by atoms with Gasteiger partial charge in [0, 0.05) is 55.7 Å². The number of hydrogen-bond acceptors (Lipinski definition) is 6. The van der Waals surface area contributed by atoms with Crippen LogP contribution in [0.4, 0.5) is 5.69 Å². The molecule has 2 aromatic heterocycles. The number of aromatic nitrogens is 4. The molecule has 3 heterocycles. The Balaban J connectivity index is 1.35. The summed E-state index contributed by atoms with van der Waals surface area (Å²) in [6.45, 7) is 13.9. The number of hydrogen-bond donors (Lipinski definition) is 1. The van der Waals surface area contributed by atoms with Gasteiger partial charge in [0.05, 0.1) is 0 Å². The fourth-order valence-electron chi connectivity index (χ4n) is 4.78. The number of nitrogens with one attached hydrogen (secondary N) is 1. The van der Waals surface area contributed by atoms with Crippen LogP contribution in [0.2, 0.25) is 0 Å². The Morgan fingerprint density at radius 2 is 1.79 bits per heavy atom. The standard InChI is InChI=1S/C31H35N7O/c1-22-8-9-24(19-23(22)11-13-29-35-34-28-7-6-14-32-38(28)29)30(39)33-26-12-10-25(27(20-26)31(2,3)4)21-37-17-15-36(5)16-18-37/h6-10,12,14,19-20H,15-18,21H2,1-5H3,(H,33,39). The second-order valence-corrected chi connectivity index (χ2v) is 11.3. The van der Waals surface area contributed by atoms with Crippen molar-refractivity contribution >= 4 is 17.2 Å². The topological polar surface area (TPSA) is 78.7 Å². The number of benzene rings is 2. The molecule has 1 fully saturated rings. The van der Waals surface area contributed by atoms with Crippen LogP contribution >= 0.6 is 0 Å². The maximum Gasteiger partial charge on any atom is 0.255 e. The third kappa shape index (κ3) is 6.17. The fourth-order valence-corrected chi connectivity index (χ4v) is 4.78. The van der Waals surface area contributed by atoms with E-state index in [0.717, 1.165) is 49.5 Å². The summed E-state index contributed by atoms with van der Waals surface area (Å²) in [5.74, 6) is 6.47. The van der Waals surface area contributed by atoms with Crippen LogP contribution in [0.25, 0.3) is 5.65 Å². The maximum atomic E-state index is 13.3. The summed E-state index contributed by atoms with van der Waals surface area (Å²) in [6, 6.07) is 15.5. The zero-order valence-electron chi connectivity index (χ0n) is 23.3. The lowest BCUT2D eigenvalue weighted by Crippen LogP contribution is -2.44. The zero-order valence-corrected chi connectivity index (χ0v) is 23.3. The molecule has 0 saturated carbocycles. The van der Waals surface area contributed by atoms with E-state index >= 15 is 0 Å². The number of carbonyl (C=O) groups excluding carboxylic acids is 1. The molecule has 1 aliphatic heterocycles. The van der Waals surface area contributed by atoms with Crippen molar-refractivity contribution in [2.75, 3.05) is 38.5 Å². The Kier molecular flexibility index (Phi) is 7.47. The monoisotopic (exact) mass is 521 g/mol. The van der Waals surface area contributed by atoms with Gasteiger partial charge >= 0.3 is 0 Å². The first kappa shape index (κ1) is 26.5. The van der Waals surface area contributed by atoms with Crippen LogP contribution in [0.3, 0.4) is 0 Å². The number of likely N-dealkylation sites (N-methyl/N-ethyl adjacent to an activating group) is 1. The van der Waals surface area contributed by atoms with E-state index in [0.29, 0.717) is 17.0 Å². The Labute approximate surface area is 230 Å². The molecule has 0 spiro atoms. The molecule has 8 heteroatoms. The van der Waals surface area contributed by atoms with E-state index in [-0.39, 0.29) is 11.3 Å². The number of aryl methyl sites for hydroxylation is 1. The summed E-state index contributed by atoms with van der Waals surface area (Å²) in [5, 5.41) is 15.6. The first-order valence-corrected chi connectivity index (χ1v) is 13.3. The predicted octanol–water partition coefficient (Wildman–Crippen LogP) is 4.13. The van der Waals surface area contributed by atoms with Crippen LogP contribution in [0.1, 0.15) is 59.2 Å². The Morgan fingerprint density at radius 3 is 2.56 bits per heavy atom. The summed E-state index contributed by atoms with van der Waals surface area (Å²) in [5.41, 5.74) is 6.23. The molecule has 1 N–H and O–H groups in total. The first-order chi connectivity index (χ1) is 18.7. The Morgan fingerprint density at radius 1 is 1.00 bits per heavy atom. The summed E-state index contributed by atoms with van der Waals surface area (Å²) in [7, 11) is 2.18. The van der Waals surface area contributed by atoms with Crippen molar-refractivity contribution in [2.45, 2.75) is 39.7 Å². The van der Waals surface area contributed by atoms with Crippen molar-refractivity contribution < 1.29 is 4.79 Å². The van der Waals surface area contributed by atoms with E-state index in [1.54, 1.807) is 16.8 Å². The minimum atomic E-state index is -0.167. The smallest absolute Gasteiger partial charge is 0.255 e. The lowest BCUT2D eigenvalue weighted by atomic mass is 9.83. The Bertz CT molecular complexity index is 1560. The van der Waals surface area contributed by atoms with Crippen molar-refractivity contribution in [1.29, 1.82) is 0 Å². The molecule has 5 rings (SSSR count). The van der Waals surface area contributed by atoms with Gasteiger partial charge in [0.2, 0.25) is 5.82 Å². The highest BCUT2D eigenvalue weighted by atomic mass is 16.1. The highest BCUT2D eigenvalue weighted by Crippen LogP contribution is 2.30. The van der Waals surface area contributed by atoms with E-state index in [9.17, 15) is 4.79 Å². The second kappa shape index (κ2) is 11.0. The first-order valence-electron chi connectivity index (χ1n) is 13.3. The molecule has 0 atom stereocenters. The van der Waals surface area contributed by atoms with Crippen molar-refractivity contribution in [3.05, 3.63) is 88.4 Å². The van der Waals surface area contributed by atoms with Crippen LogP contribution < -0.4 is 5.32 Å².